The molecule has 0 unspecified atom stereocenters. The molecule has 0 atom stereocenters. The summed E-state index contributed by atoms with van der Waals surface area (Å²) in [5.74, 6) is -1.74. The number of ether oxygens (including phenoxy) is 3. The lowest BCUT2D eigenvalue weighted by atomic mass is 10.1. The van der Waals surface area contributed by atoms with E-state index in [0.29, 0.717) is 11.3 Å². The fraction of sp³-hybridized carbons (Fsp3) is 0.273. The molecular weight excluding hydrogens is 436 g/mol. The molecule has 10 heteroatoms. The van der Waals surface area contributed by atoms with Crippen LogP contribution in [0.1, 0.15) is 38.1 Å². The number of thiophene rings is 1. The summed E-state index contributed by atoms with van der Waals surface area (Å²) in [5.41, 5.74) is 1.50. The summed E-state index contributed by atoms with van der Waals surface area (Å²) in [4.78, 5) is 49.5. The molecule has 0 spiro atoms. The van der Waals surface area contributed by atoms with Gasteiger partial charge in [-0.2, -0.15) is 0 Å². The number of carbonyl (C=O) groups excluding carboxylic acids is 4. The van der Waals surface area contributed by atoms with Crippen molar-refractivity contribution < 1.29 is 33.4 Å². The molecule has 168 valence electrons. The van der Waals surface area contributed by atoms with E-state index in [9.17, 15) is 19.2 Å². The van der Waals surface area contributed by atoms with Gasteiger partial charge in [-0.25, -0.2) is 9.59 Å². The highest BCUT2D eigenvalue weighted by molar-refractivity contribution is 7.18. The maximum Gasteiger partial charge on any atom is 0.341 e. The van der Waals surface area contributed by atoms with Crippen LogP contribution in [0.4, 0.5) is 5.00 Å². The van der Waals surface area contributed by atoms with Gasteiger partial charge in [-0.05, 0) is 31.6 Å². The zero-order valence-electron chi connectivity index (χ0n) is 17.8. The highest BCUT2D eigenvalue weighted by Crippen LogP contribution is 2.34. The molecule has 1 aliphatic rings. The van der Waals surface area contributed by atoms with Gasteiger partial charge < -0.3 is 24.8 Å². The Bertz CT molecular complexity index is 1100. The van der Waals surface area contributed by atoms with Gasteiger partial charge in [0.1, 0.15) is 17.4 Å². The van der Waals surface area contributed by atoms with E-state index >= 15 is 0 Å². The molecule has 2 amide bonds. The summed E-state index contributed by atoms with van der Waals surface area (Å²) in [6.45, 7) is 2.83. The van der Waals surface area contributed by atoms with Gasteiger partial charge in [0.15, 0.2) is 6.61 Å². The van der Waals surface area contributed by atoms with Crippen molar-refractivity contribution in [1.82, 2.24) is 5.32 Å². The Kier molecular flexibility index (Phi) is 7.26. The van der Waals surface area contributed by atoms with Crippen molar-refractivity contribution in [3.05, 3.63) is 51.4 Å². The maximum absolute atomic E-state index is 12.4. The topological polar surface area (TPSA) is 120 Å². The zero-order chi connectivity index (χ0) is 23.3. The number of hydrogen-bond acceptors (Lipinski definition) is 8. The summed E-state index contributed by atoms with van der Waals surface area (Å²) in [7, 11) is 1.46. The smallest absolute Gasteiger partial charge is 0.341 e. The largest absolute Gasteiger partial charge is 0.488 e. The van der Waals surface area contributed by atoms with Crippen LogP contribution in [0.5, 0.6) is 5.75 Å². The van der Waals surface area contributed by atoms with Crippen molar-refractivity contribution in [1.29, 1.82) is 0 Å². The molecule has 2 heterocycles. The molecule has 9 nitrogen and oxygen atoms in total. The van der Waals surface area contributed by atoms with Gasteiger partial charge in [0.05, 0.1) is 22.6 Å². The first-order valence-corrected chi connectivity index (χ1v) is 10.6. The SMILES string of the molecule is CCOC(=O)c1c(NC(=O)COC(=O)C2=Cc3ccccc3OC2)sc(C(=O)NC)c1C. The summed E-state index contributed by atoms with van der Waals surface area (Å²) < 4.78 is 15.7. The predicted molar refractivity (Wildman–Crippen MR) is 118 cm³/mol. The molecule has 3 rings (SSSR count). The van der Waals surface area contributed by atoms with Gasteiger partial charge in [0, 0.05) is 12.6 Å². The number of esters is 2. The Labute approximate surface area is 188 Å². The number of amides is 2. The third kappa shape index (κ3) is 4.97. The number of anilines is 1. The molecule has 2 N–H and O–H groups in total. The van der Waals surface area contributed by atoms with Crippen LogP contribution in [0.2, 0.25) is 0 Å². The first-order valence-electron chi connectivity index (χ1n) is 9.77. The summed E-state index contributed by atoms with van der Waals surface area (Å²) >= 11 is 0.939. The minimum atomic E-state index is -0.686. The van der Waals surface area contributed by atoms with Crippen LogP contribution >= 0.6 is 11.3 Å². The minimum Gasteiger partial charge on any atom is -0.488 e. The van der Waals surface area contributed by atoms with Gasteiger partial charge in [-0.15, -0.1) is 11.3 Å². The number of fused-ring (bicyclic) bond motifs is 1. The van der Waals surface area contributed by atoms with Crippen LogP contribution in [-0.4, -0.2) is 50.6 Å². The number of rotatable bonds is 7. The number of benzene rings is 1. The van der Waals surface area contributed by atoms with Gasteiger partial charge in [0.25, 0.3) is 11.8 Å². The van der Waals surface area contributed by atoms with Gasteiger partial charge >= 0.3 is 11.9 Å². The van der Waals surface area contributed by atoms with Gasteiger partial charge in [-0.3, -0.25) is 9.59 Å². The van der Waals surface area contributed by atoms with E-state index < -0.39 is 30.4 Å². The van der Waals surface area contributed by atoms with Crippen LogP contribution in [0.15, 0.2) is 29.8 Å². The van der Waals surface area contributed by atoms with Crippen molar-refractivity contribution in [3.63, 3.8) is 0 Å². The number of carbonyl (C=O) groups is 4. The second-order valence-electron chi connectivity index (χ2n) is 6.68. The van der Waals surface area contributed by atoms with E-state index in [1.165, 1.54) is 7.05 Å². The number of hydrogen-bond donors (Lipinski definition) is 2. The Hall–Kier alpha value is -3.66. The summed E-state index contributed by atoms with van der Waals surface area (Å²) in [5, 5.41) is 5.17. The Morgan fingerprint density at radius 2 is 1.88 bits per heavy atom. The highest BCUT2D eigenvalue weighted by Gasteiger charge is 2.27. The van der Waals surface area contributed by atoms with Crippen LogP contribution in [0, 0.1) is 6.92 Å². The molecule has 2 aromatic rings. The van der Waals surface area contributed by atoms with E-state index in [0.717, 1.165) is 16.9 Å². The number of nitrogens with one attached hydrogen (secondary N) is 2. The third-order valence-electron chi connectivity index (χ3n) is 4.54. The molecule has 0 saturated carbocycles. The molecule has 0 bridgehead atoms. The average molecular weight is 458 g/mol. The molecule has 1 aliphatic heterocycles. The lowest BCUT2D eigenvalue weighted by Crippen LogP contribution is -2.24. The van der Waals surface area contributed by atoms with Gasteiger partial charge in [0.2, 0.25) is 0 Å². The zero-order valence-corrected chi connectivity index (χ0v) is 18.6. The lowest BCUT2D eigenvalue weighted by molar-refractivity contribution is -0.143. The predicted octanol–water partition coefficient (Wildman–Crippen LogP) is 2.55. The number of para-hydroxylation sites is 1. The van der Waals surface area contributed by atoms with Gasteiger partial charge in [-0.1, -0.05) is 18.2 Å². The Morgan fingerprint density at radius 3 is 2.59 bits per heavy atom. The fourth-order valence-corrected chi connectivity index (χ4v) is 4.16. The first-order chi connectivity index (χ1) is 15.3. The van der Waals surface area contributed by atoms with Crippen LogP contribution in [-0.2, 0) is 19.1 Å². The summed E-state index contributed by atoms with van der Waals surface area (Å²) in [6, 6.07) is 7.23. The third-order valence-corrected chi connectivity index (χ3v) is 5.75. The Morgan fingerprint density at radius 1 is 1.12 bits per heavy atom. The highest BCUT2D eigenvalue weighted by atomic mass is 32.1. The van der Waals surface area contributed by atoms with Crippen molar-refractivity contribution in [3.8, 4) is 5.75 Å². The summed E-state index contributed by atoms with van der Waals surface area (Å²) in [6.07, 6.45) is 1.65. The molecule has 0 radical (unpaired) electrons. The maximum atomic E-state index is 12.4. The van der Waals surface area contributed by atoms with E-state index in [4.69, 9.17) is 14.2 Å². The van der Waals surface area contributed by atoms with E-state index in [-0.39, 0.29) is 34.2 Å². The second-order valence-corrected chi connectivity index (χ2v) is 7.70. The molecule has 1 aromatic heterocycles. The van der Waals surface area contributed by atoms with Crippen LogP contribution in [0.25, 0.3) is 6.08 Å². The second kappa shape index (κ2) is 10.1. The Balaban J connectivity index is 1.69. The molecule has 0 saturated heterocycles. The molecular formula is C22H22N2O7S. The van der Waals surface area contributed by atoms with Crippen molar-refractivity contribution in [2.75, 3.05) is 32.2 Å². The van der Waals surface area contributed by atoms with Crippen LogP contribution in [0.3, 0.4) is 0 Å². The van der Waals surface area contributed by atoms with Crippen molar-refractivity contribution >= 4 is 46.2 Å². The normalized spacial score (nSPS) is 12.0. The molecule has 0 aliphatic carbocycles. The van der Waals surface area contributed by atoms with E-state index in [1.54, 1.807) is 32.1 Å². The molecule has 0 fully saturated rings. The first kappa shape index (κ1) is 23.0. The average Bonchev–Trinajstić information content (AvgIpc) is 3.12. The van der Waals surface area contributed by atoms with Crippen molar-refractivity contribution in [2.24, 2.45) is 0 Å². The lowest BCUT2D eigenvalue weighted by Gasteiger charge is -2.16. The fourth-order valence-electron chi connectivity index (χ4n) is 3.00. The quantitative estimate of drug-likeness (QED) is 0.612. The standard InChI is InChI=1S/C22H22N2O7S/c1-4-29-22(28)17-12(2)18(19(26)23-3)32-20(17)24-16(25)11-31-21(27)14-9-13-7-5-6-8-15(13)30-10-14/h5-9H,4,10-11H2,1-3H3,(H,23,26)(H,24,25). The van der Waals surface area contributed by atoms with Crippen molar-refractivity contribution in [2.45, 2.75) is 13.8 Å². The minimum absolute atomic E-state index is 0.0318. The molecule has 1 aromatic carbocycles. The van der Waals surface area contributed by atoms with E-state index in [1.807, 2.05) is 12.1 Å². The van der Waals surface area contributed by atoms with Crippen LogP contribution < -0.4 is 15.4 Å². The van der Waals surface area contributed by atoms with E-state index in [2.05, 4.69) is 10.6 Å². The monoisotopic (exact) mass is 458 g/mol. The molecule has 32 heavy (non-hydrogen) atoms.